The molecule has 3 nitrogen and oxygen atoms in total. The van der Waals surface area contributed by atoms with Crippen LogP contribution in [-0.2, 0) is 11.3 Å². The van der Waals surface area contributed by atoms with E-state index in [1.54, 1.807) is 11.3 Å². The Morgan fingerprint density at radius 1 is 1.26 bits per heavy atom. The SMILES string of the molecule is O=C(C[n+]1csc2ccccc21)NC1CCCCC1. The Labute approximate surface area is 117 Å². The molecule has 3 rings (SSSR count). The van der Waals surface area contributed by atoms with Gasteiger partial charge in [-0.3, -0.25) is 4.79 Å². The van der Waals surface area contributed by atoms with E-state index in [-0.39, 0.29) is 5.91 Å². The van der Waals surface area contributed by atoms with Crippen LogP contribution in [0.25, 0.3) is 10.2 Å². The number of rotatable bonds is 3. The molecule has 1 aliphatic carbocycles. The number of benzene rings is 1. The van der Waals surface area contributed by atoms with E-state index in [2.05, 4.69) is 17.4 Å². The number of carbonyl (C=O) groups excluding carboxylic acids is 1. The van der Waals surface area contributed by atoms with E-state index in [0.717, 1.165) is 18.4 Å². The minimum Gasteiger partial charge on any atom is -0.348 e. The second-order valence-electron chi connectivity index (χ2n) is 5.22. The topological polar surface area (TPSA) is 33.0 Å². The monoisotopic (exact) mass is 275 g/mol. The number of hydrogen-bond acceptors (Lipinski definition) is 2. The fourth-order valence-electron chi connectivity index (χ4n) is 2.77. The van der Waals surface area contributed by atoms with Gasteiger partial charge >= 0.3 is 0 Å². The summed E-state index contributed by atoms with van der Waals surface area (Å²) >= 11 is 1.68. The van der Waals surface area contributed by atoms with Crippen molar-refractivity contribution in [3.8, 4) is 0 Å². The number of nitrogens with zero attached hydrogens (tertiary/aromatic N) is 1. The second-order valence-corrected chi connectivity index (χ2v) is 6.11. The number of amides is 1. The van der Waals surface area contributed by atoms with Crippen LogP contribution in [-0.4, -0.2) is 11.9 Å². The normalized spacial score (nSPS) is 16.6. The van der Waals surface area contributed by atoms with Gasteiger partial charge in [0, 0.05) is 12.1 Å². The lowest BCUT2D eigenvalue weighted by Crippen LogP contribution is -2.45. The molecule has 2 aromatic rings. The first-order chi connectivity index (χ1) is 9.33. The minimum atomic E-state index is 0.139. The molecule has 1 aromatic carbocycles. The number of nitrogens with one attached hydrogen (secondary N) is 1. The van der Waals surface area contributed by atoms with Gasteiger partial charge in [-0.25, -0.2) is 0 Å². The molecule has 1 heterocycles. The summed E-state index contributed by atoms with van der Waals surface area (Å²) < 4.78 is 3.27. The van der Waals surface area contributed by atoms with Crippen LogP contribution in [0.2, 0.25) is 0 Å². The molecule has 0 bridgehead atoms. The van der Waals surface area contributed by atoms with Gasteiger partial charge in [0.25, 0.3) is 5.91 Å². The van der Waals surface area contributed by atoms with E-state index in [9.17, 15) is 4.79 Å². The van der Waals surface area contributed by atoms with Gasteiger partial charge in [0.2, 0.25) is 17.6 Å². The first kappa shape index (κ1) is 12.6. The number of hydrogen-bond donors (Lipinski definition) is 1. The van der Waals surface area contributed by atoms with Crippen molar-refractivity contribution in [2.75, 3.05) is 0 Å². The molecule has 1 fully saturated rings. The van der Waals surface area contributed by atoms with Crippen LogP contribution >= 0.6 is 11.3 Å². The summed E-state index contributed by atoms with van der Waals surface area (Å²) in [6, 6.07) is 8.61. The summed E-state index contributed by atoms with van der Waals surface area (Å²) in [6.45, 7) is 0.431. The zero-order valence-electron chi connectivity index (χ0n) is 11.0. The van der Waals surface area contributed by atoms with Crippen molar-refractivity contribution in [3.05, 3.63) is 29.8 Å². The first-order valence-electron chi connectivity index (χ1n) is 6.98. The molecule has 0 saturated heterocycles. The van der Waals surface area contributed by atoms with E-state index in [1.165, 1.54) is 24.0 Å². The van der Waals surface area contributed by atoms with E-state index in [1.807, 2.05) is 22.2 Å². The molecule has 1 N–H and O–H groups in total. The zero-order chi connectivity index (χ0) is 13.1. The Morgan fingerprint density at radius 2 is 2.05 bits per heavy atom. The molecule has 100 valence electrons. The Bertz CT molecular complexity index is 572. The maximum atomic E-state index is 12.1. The van der Waals surface area contributed by atoms with Crippen molar-refractivity contribution in [2.45, 2.75) is 44.7 Å². The van der Waals surface area contributed by atoms with Gasteiger partial charge in [-0.05, 0) is 18.9 Å². The lowest BCUT2D eigenvalue weighted by Gasteiger charge is -2.21. The number of carbonyl (C=O) groups is 1. The lowest BCUT2D eigenvalue weighted by atomic mass is 9.95. The van der Waals surface area contributed by atoms with Gasteiger partial charge < -0.3 is 5.32 Å². The van der Waals surface area contributed by atoms with Gasteiger partial charge in [0.1, 0.15) is 4.70 Å². The highest BCUT2D eigenvalue weighted by atomic mass is 32.1. The smallest absolute Gasteiger partial charge is 0.286 e. The second kappa shape index (κ2) is 5.70. The highest BCUT2D eigenvalue weighted by Crippen LogP contribution is 2.17. The van der Waals surface area contributed by atoms with E-state index >= 15 is 0 Å². The molecule has 1 aliphatic rings. The summed E-state index contributed by atoms with van der Waals surface area (Å²) in [6.07, 6.45) is 6.09. The Hall–Kier alpha value is -1.42. The van der Waals surface area contributed by atoms with Crippen LogP contribution in [0.3, 0.4) is 0 Å². The van der Waals surface area contributed by atoms with Crippen LogP contribution in [0.1, 0.15) is 32.1 Å². The molecule has 4 heteroatoms. The number of fused-ring (bicyclic) bond motifs is 1. The Balaban J connectivity index is 1.65. The summed E-state index contributed by atoms with van der Waals surface area (Å²) in [5, 5.41) is 3.17. The predicted octanol–water partition coefficient (Wildman–Crippen LogP) is 2.64. The molecule has 0 aliphatic heterocycles. The molecular weight excluding hydrogens is 256 g/mol. The zero-order valence-corrected chi connectivity index (χ0v) is 11.8. The average Bonchev–Trinajstić information content (AvgIpc) is 2.83. The summed E-state index contributed by atoms with van der Waals surface area (Å²) in [5.41, 5.74) is 3.18. The molecule has 0 atom stereocenters. The molecular formula is C15H19N2OS+. The quantitative estimate of drug-likeness (QED) is 0.858. The van der Waals surface area contributed by atoms with Crippen LogP contribution in [0.15, 0.2) is 29.8 Å². The van der Waals surface area contributed by atoms with Crippen LogP contribution in [0.5, 0.6) is 0 Å². The molecule has 1 amide bonds. The standard InChI is InChI=1S/C15H18N2OS/c18-15(16-12-6-2-1-3-7-12)10-17-11-19-14-9-5-4-8-13(14)17/h4-5,8-9,11-12H,1-3,6-7,10H2/p+1. The van der Waals surface area contributed by atoms with E-state index in [0.29, 0.717) is 12.6 Å². The van der Waals surface area contributed by atoms with Gasteiger partial charge in [0.05, 0.1) is 0 Å². The third-order valence-corrected chi connectivity index (χ3v) is 4.72. The predicted molar refractivity (Wildman–Crippen MR) is 77.0 cm³/mol. The van der Waals surface area contributed by atoms with Crippen LogP contribution in [0, 0.1) is 0 Å². The third-order valence-electron chi connectivity index (χ3n) is 3.77. The average molecular weight is 275 g/mol. The minimum absolute atomic E-state index is 0.139. The van der Waals surface area contributed by atoms with Crippen LogP contribution in [0.4, 0.5) is 0 Å². The maximum Gasteiger partial charge on any atom is 0.286 e. The maximum absolute atomic E-state index is 12.1. The van der Waals surface area contributed by atoms with Crippen molar-refractivity contribution in [3.63, 3.8) is 0 Å². The Kier molecular flexibility index (Phi) is 3.78. The molecule has 1 aromatic heterocycles. The highest BCUT2D eigenvalue weighted by Gasteiger charge is 2.19. The largest absolute Gasteiger partial charge is 0.348 e. The molecule has 0 unspecified atom stereocenters. The Morgan fingerprint density at radius 3 is 2.89 bits per heavy atom. The molecule has 0 radical (unpaired) electrons. The van der Waals surface area contributed by atoms with Crippen molar-refractivity contribution in [1.82, 2.24) is 5.32 Å². The van der Waals surface area contributed by atoms with Gasteiger partial charge in [0.15, 0.2) is 0 Å². The highest BCUT2D eigenvalue weighted by molar-refractivity contribution is 7.16. The number of para-hydroxylation sites is 1. The number of aromatic nitrogens is 1. The molecule has 1 saturated carbocycles. The van der Waals surface area contributed by atoms with E-state index < -0.39 is 0 Å². The fraction of sp³-hybridized carbons (Fsp3) is 0.467. The lowest BCUT2D eigenvalue weighted by molar-refractivity contribution is -0.654. The van der Waals surface area contributed by atoms with Gasteiger partial charge in [-0.1, -0.05) is 42.7 Å². The van der Waals surface area contributed by atoms with Crippen molar-refractivity contribution >= 4 is 27.5 Å². The fourth-order valence-corrected chi connectivity index (χ4v) is 3.66. The third kappa shape index (κ3) is 2.95. The van der Waals surface area contributed by atoms with Crippen molar-refractivity contribution < 1.29 is 9.36 Å². The summed E-state index contributed by atoms with van der Waals surface area (Å²) in [7, 11) is 0. The molecule has 0 spiro atoms. The van der Waals surface area contributed by atoms with Gasteiger partial charge in [-0.15, -0.1) is 0 Å². The summed E-state index contributed by atoms with van der Waals surface area (Å²) in [4.78, 5) is 12.1. The van der Waals surface area contributed by atoms with Crippen LogP contribution < -0.4 is 9.88 Å². The number of thiazole rings is 1. The first-order valence-corrected chi connectivity index (χ1v) is 7.86. The van der Waals surface area contributed by atoms with E-state index in [4.69, 9.17) is 0 Å². The van der Waals surface area contributed by atoms with Crippen molar-refractivity contribution in [1.29, 1.82) is 0 Å². The van der Waals surface area contributed by atoms with Crippen molar-refractivity contribution in [2.24, 2.45) is 0 Å². The summed E-state index contributed by atoms with van der Waals surface area (Å²) in [5.74, 6) is 0.139. The van der Waals surface area contributed by atoms with Gasteiger partial charge in [-0.2, -0.15) is 4.57 Å². The molecule has 19 heavy (non-hydrogen) atoms.